The molecule has 1 amide bonds. The number of nitrogens with one attached hydrogen (secondary N) is 1. The Kier molecular flexibility index (Phi) is 21.6. The van der Waals surface area contributed by atoms with Crippen molar-refractivity contribution < 1.29 is 114 Å². The van der Waals surface area contributed by atoms with Crippen LogP contribution >= 0.6 is 0 Å². The Morgan fingerprint density at radius 1 is 0.452 bits per heavy atom. The molecule has 0 aliphatic carbocycles. The predicted octanol–water partition coefficient (Wildman–Crippen LogP) is 4.04. The van der Waals surface area contributed by atoms with Gasteiger partial charge in [0.15, 0.2) is 55.3 Å². The maximum atomic E-state index is 14.4. The minimum Gasteiger partial charge on any atom is -0.463 e. The van der Waals surface area contributed by atoms with E-state index in [1.807, 2.05) is 0 Å². The molecule has 0 radical (unpaired) electrons. The lowest BCUT2D eigenvalue weighted by Gasteiger charge is -2.50. The van der Waals surface area contributed by atoms with Gasteiger partial charge in [-0.2, -0.15) is 0 Å². The van der Waals surface area contributed by atoms with Crippen LogP contribution in [0.1, 0.15) is 79.5 Å². The average Bonchev–Trinajstić information content (AvgIpc) is 1.51. The Balaban J connectivity index is 1.40. The number of hydrogen-bond acceptors (Lipinski definition) is 25. The van der Waals surface area contributed by atoms with Crippen LogP contribution in [0, 0.1) is 10.1 Å². The van der Waals surface area contributed by atoms with E-state index in [0.717, 1.165) is 53.7 Å². The molecule has 15 atom stereocenters. The Morgan fingerprint density at radius 2 is 0.857 bits per heavy atom. The van der Waals surface area contributed by atoms with Crippen LogP contribution in [-0.2, 0) is 90.3 Å². The van der Waals surface area contributed by atoms with E-state index >= 15 is 0 Å². The first-order chi connectivity index (χ1) is 40.1. The predicted molar refractivity (Wildman–Crippen MR) is 280 cm³/mol. The van der Waals surface area contributed by atoms with Gasteiger partial charge in [-0.05, 0) is 55.5 Å². The molecule has 7 rings (SSSR count). The fourth-order valence-electron chi connectivity index (χ4n) is 9.24. The Morgan fingerprint density at radius 3 is 1.32 bits per heavy atom. The van der Waals surface area contributed by atoms with Crippen LogP contribution in [0.3, 0.4) is 0 Å². The maximum absolute atomic E-state index is 14.4. The van der Waals surface area contributed by atoms with E-state index in [9.17, 15) is 53.3 Å². The van der Waals surface area contributed by atoms with Crippen molar-refractivity contribution in [2.24, 2.45) is 0 Å². The monoisotopic (exact) mass is 1170 g/mol. The number of rotatable bonds is 21. The summed E-state index contributed by atoms with van der Waals surface area (Å²) >= 11 is 0. The molecule has 27 nitrogen and oxygen atoms in total. The van der Waals surface area contributed by atoms with Crippen LogP contribution < -0.4 is 10.1 Å². The van der Waals surface area contributed by atoms with E-state index in [-0.39, 0.29) is 28.1 Å². The minimum absolute atomic E-state index is 0.000730. The van der Waals surface area contributed by atoms with Gasteiger partial charge in [0.05, 0.1) is 27.7 Å². The summed E-state index contributed by atoms with van der Waals surface area (Å²) in [6.07, 6.45) is -25.4. The van der Waals surface area contributed by atoms with Crippen molar-refractivity contribution in [2.75, 3.05) is 13.2 Å². The topological polar surface area (TPSA) is 338 Å². The summed E-state index contributed by atoms with van der Waals surface area (Å²) in [4.78, 5) is 131. The van der Waals surface area contributed by atoms with E-state index in [2.05, 4.69) is 5.32 Å². The molecule has 0 spiro atoms. The van der Waals surface area contributed by atoms with Crippen molar-refractivity contribution in [3.8, 4) is 5.75 Å². The third kappa shape index (κ3) is 16.6. The van der Waals surface area contributed by atoms with Gasteiger partial charge in [-0.1, -0.05) is 54.6 Å². The fourth-order valence-corrected chi connectivity index (χ4v) is 9.24. The Labute approximate surface area is 479 Å². The zero-order valence-corrected chi connectivity index (χ0v) is 46.2. The van der Waals surface area contributed by atoms with E-state index in [1.165, 1.54) is 67.6 Å². The highest BCUT2D eigenvalue weighted by molar-refractivity contribution is 5.91. The summed E-state index contributed by atoms with van der Waals surface area (Å²) in [5.74, 6) is -8.54. The average molecular weight is 1170 g/mol. The van der Waals surface area contributed by atoms with Crippen molar-refractivity contribution in [3.05, 3.63) is 142 Å². The first-order valence-corrected chi connectivity index (χ1v) is 26.1. The first kappa shape index (κ1) is 62.7. The molecule has 448 valence electrons. The molecular weight excluding hydrogens is 1110 g/mol. The third-order valence-corrected chi connectivity index (χ3v) is 12.8. The lowest BCUT2D eigenvalue weighted by atomic mass is 9.94. The van der Waals surface area contributed by atoms with Gasteiger partial charge < -0.3 is 71.6 Å². The van der Waals surface area contributed by atoms with Crippen molar-refractivity contribution >= 4 is 59.3 Å². The van der Waals surface area contributed by atoms with Gasteiger partial charge in [0.25, 0.3) is 5.69 Å². The number of ether oxygens (including phenoxy) is 14. The van der Waals surface area contributed by atoms with Crippen LogP contribution in [0.5, 0.6) is 5.75 Å². The fraction of sp³-hybridized carbons (Fsp3) is 0.421. The number of non-ortho nitro benzene ring substituents is 1. The SMILES string of the molecule is CC(=O)N[C@H]1[C@H](Oc2ccc([N+](=O)[O-])cc2)O[C@H](COC(C)=O)[C@@H](O[C@@H]2O[C@H](COC(C)=O)[C@H](OC(C)=O)[C@H](OC(C)=O)[C@H]2O[C@@H]2O[C@@H](C)[C@@H](OC(=O)c3ccccc3)[C@@H](OC(=O)c3ccccc3)[C@@H]2OC(=O)c2ccccc2)[C@@H]1OC(C)=O. The quantitative estimate of drug-likeness (QED) is 0.0532. The van der Waals surface area contributed by atoms with E-state index in [0.29, 0.717) is 0 Å². The standard InChI is InChI=1S/C57H60N2O25/c1-29-44(80-52(66)36-17-11-8-12-18-36)48(81-53(67)37-19-13-9-14-20-37)50(82-54(68)38-21-15-10-16-22-38)56(73-29)84-51-49(76-35(7)65)46(74-33(5)63)42(28-72-32(4)62)79-57(51)83-45-41(27-71-31(3)61)78-55(43(58-30(2)60)47(45)75-34(6)64)77-40-25-23-39(24-26-40)59(69)70/h8-26,29,41-51,55-57H,27-28H2,1-7H3,(H,58,60)/t29-,41+,42+,43+,44+,45+,46-,47+,48+,49-,50-,51+,55+,56-,57-/m0/s1. The van der Waals surface area contributed by atoms with Gasteiger partial charge in [0.1, 0.15) is 43.3 Å². The summed E-state index contributed by atoms with van der Waals surface area (Å²) in [6.45, 7) is 6.12. The Bertz CT molecular complexity index is 2980. The maximum Gasteiger partial charge on any atom is 0.338 e. The van der Waals surface area contributed by atoms with Crippen LogP contribution in [-0.4, -0.2) is 164 Å². The summed E-state index contributed by atoms with van der Waals surface area (Å²) in [5, 5.41) is 14.1. The molecule has 84 heavy (non-hydrogen) atoms. The molecular formula is C57H60N2O25. The molecule has 1 N–H and O–H groups in total. The Hall–Kier alpha value is -8.89. The van der Waals surface area contributed by atoms with Crippen LogP contribution in [0.4, 0.5) is 5.69 Å². The van der Waals surface area contributed by atoms with Crippen molar-refractivity contribution in [2.45, 2.75) is 141 Å². The van der Waals surface area contributed by atoms with E-state index in [1.54, 1.807) is 42.5 Å². The van der Waals surface area contributed by atoms with Gasteiger partial charge >= 0.3 is 47.8 Å². The zero-order chi connectivity index (χ0) is 60.8. The normalized spacial score (nSPS) is 27.2. The highest BCUT2D eigenvalue weighted by Crippen LogP contribution is 2.39. The molecule has 0 bridgehead atoms. The molecule has 3 heterocycles. The number of benzene rings is 4. The molecule has 3 saturated heterocycles. The van der Waals surface area contributed by atoms with Gasteiger partial charge in [-0.25, -0.2) is 14.4 Å². The van der Waals surface area contributed by atoms with Crippen LogP contribution in [0.25, 0.3) is 0 Å². The molecule has 3 aliphatic rings. The van der Waals surface area contributed by atoms with Crippen LogP contribution in [0.15, 0.2) is 115 Å². The second kappa shape index (κ2) is 28.9. The lowest BCUT2D eigenvalue weighted by Crippen LogP contribution is -2.70. The van der Waals surface area contributed by atoms with Gasteiger partial charge in [-0.3, -0.25) is 38.9 Å². The van der Waals surface area contributed by atoms with Gasteiger partial charge in [0, 0.05) is 53.7 Å². The van der Waals surface area contributed by atoms with Gasteiger partial charge in [0.2, 0.25) is 12.2 Å². The first-order valence-electron chi connectivity index (χ1n) is 26.1. The number of hydrogen-bond donors (Lipinski definition) is 1. The lowest BCUT2D eigenvalue weighted by molar-refractivity contribution is -0.385. The van der Waals surface area contributed by atoms with Crippen LogP contribution in [0.2, 0.25) is 0 Å². The molecule has 4 aromatic rings. The molecule has 0 saturated carbocycles. The summed E-state index contributed by atoms with van der Waals surface area (Å²) in [6, 6.07) is 25.9. The number of amides is 1. The number of carbonyl (C=O) groups excluding carboxylic acids is 9. The summed E-state index contributed by atoms with van der Waals surface area (Å²) in [5.41, 5.74) is -0.289. The minimum atomic E-state index is -2.12. The van der Waals surface area contributed by atoms with E-state index < -0.39 is 164 Å². The largest absolute Gasteiger partial charge is 0.463 e. The van der Waals surface area contributed by atoms with Crippen molar-refractivity contribution in [1.29, 1.82) is 0 Å². The molecule has 3 fully saturated rings. The number of nitro benzene ring substituents is 1. The molecule has 4 aromatic carbocycles. The summed E-state index contributed by atoms with van der Waals surface area (Å²) < 4.78 is 85.8. The molecule has 0 aromatic heterocycles. The third-order valence-electron chi connectivity index (χ3n) is 12.8. The van der Waals surface area contributed by atoms with Crippen molar-refractivity contribution in [1.82, 2.24) is 5.32 Å². The zero-order valence-electron chi connectivity index (χ0n) is 46.2. The second-order valence-electron chi connectivity index (χ2n) is 19.1. The summed E-state index contributed by atoms with van der Waals surface area (Å²) in [7, 11) is 0. The molecule has 3 aliphatic heterocycles. The van der Waals surface area contributed by atoms with Gasteiger partial charge in [-0.15, -0.1) is 0 Å². The van der Waals surface area contributed by atoms with Crippen molar-refractivity contribution in [3.63, 3.8) is 0 Å². The highest BCUT2D eigenvalue weighted by Gasteiger charge is 2.60. The number of esters is 8. The molecule has 0 unspecified atom stereocenters. The number of nitro groups is 1. The number of nitrogens with zero attached hydrogens (tertiary/aromatic N) is 1. The number of carbonyl (C=O) groups is 9. The smallest absolute Gasteiger partial charge is 0.338 e. The molecule has 27 heteroatoms. The highest BCUT2D eigenvalue weighted by atomic mass is 16.8. The second-order valence-corrected chi connectivity index (χ2v) is 19.1. The van der Waals surface area contributed by atoms with E-state index in [4.69, 9.17) is 66.3 Å².